The number of aromatic nitrogens is 2. The number of nitrogens with zero attached hydrogens (tertiary/aromatic N) is 3. The SMILES string of the molecule is Cc1ccc(-c2ncccn2)c(C2=NC(C)(C)CO2)c1. The van der Waals surface area contributed by atoms with Crippen molar-refractivity contribution in [1.82, 2.24) is 9.97 Å². The first-order valence-electron chi connectivity index (χ1n) is 6.66. The lowest BCUT2D eigenvalue weighted by molar-refractivity contribution is 0.279. The number of aliphatic imine (C=N–C) groups is 1. The molecule has 0 fully saturated rings. The van der Waals surface area contributed by atoms with Gasteiger partial charge in [0.25, 0.3) is 0 Å². The first-order chi connectivity index (χ1) is 9.55. The largest absolute Gasteiger partial charge is 0.475 e. The van der Waals surface area contributed by atoms with E-state index in [4.69, 9.17) is 4.74 Å². The van der Waals surface area contributed by atoms with E-state index < -0.39 is 0 Å². The fourth-order valence-electron chi connectivity index (χ4n) is 2.19. The van der Waals surface area contributed by atoms with Crippen LogP contribution in [0.2, 0.25) is 0 Å². The second-order valence-electron chi connectivity index (χ2n) is 5.64. The van der Waals surface area contributed by atoms with Crippen LogP contribution in [0.3, 0.4) is 0 Å². The van der Waals surface area contributed by atoms with Crippen LogP contribution in [0.5, 0.6) is 0 Å². The zero-order valence-electron chi connectivity index (χ0n) is 11.9. The molecular formula is C16H17N3O. The second kappa shape index (κ2) is 4.71. The van der Waals surface area contributed by atoms with Crippen molar-refractivity contribution in [3.63, 3.8) is 0 Å². The molecule has 0 unspecified atom stereocenters. The molecule has 3 rings (SSSR count). The Hall–Kier alpha value is -2.23. The van der Waals surface area contributed by atoms with Gasteiger partial charge < -0.3 is 4.74 Å². The molecule has 1 aromatic heterocycles. The highest BCUT2D eigenvalue weighted by Gasteiger charge is 2.28. The zero-order valence-corrected chi connectivity index (χ0v) is 11.9. The minimum Gasteiger partial charge on any atom is -0.475 e. The Morgan fingerprint density at radius 1 is 1.10 bits per heavy atom. The van der Waals surface area contributed by atoms with Crippen molar-refractivity contribution < 1.29 is 4.74 Å². The number of ether oxygens (including phenoxy) is 1. The molecule has 4 nitrogen and oxygen atoms in total. The summed E-state index contributed by atoms with van der Waals surface area (Å²) in [5.41, 5.74) is 2.90. The van der Waals surface area contributed by atoms with Crippen molar-refractivity contribution in [1.29, 1.82) is 0 Å². The Labute approximate surface area is 118 Å². The minimum atomic E-state index is -0.173. The monoisotopic (exact) mass is 267 g/mol. The van der Waals surface area contributed by atoms with Gasteiger partial charge in [-0.3, -0.25) is 0 Å². The predicted octanol–water partition coefficient (Wildman–Crippen LogP) is 3.01. The van der Waals surface area contributed by atoms with E-state index in [1.54, 1.807) is 12.4 Å². The molecule has 0 atom stereocenters. The minimum absolute atomic E-state index is 0.173. The van der Waals surface area contributed by atoms with Gasteiger partial charge in [0.1, 0.15) is 6.61 Å². The van der Waals surface area contributed by atoms with Crippen LogP contribution in [0.1, 0.15) is 25.0 Å². The van der Waals surface area contributed by atoms with Crippen LogP contribution in [0.25, 0.3) is 11.4 Å². The molecule has 0 N–H and O–H groups in total. The van der Waals surface area contributed by atoms with Gasteiger partial charge in [0.05, 0.1) is 5.54 Å². The number of rotatable bonds is 2. The zero-order chi connectivity index (χ0) is 14.2. The van der Waals surface area contributed by atoms with Gasteiger partial charge >= 0.3 is 0 Å². The molecule has 1 aromatic carbocycles. The van der Waals surface area contributed by atoms with Gasteiger partial charge in [-0.2, -0.15) is 0 Å². The Balaban J connectivity index is 2.13. The quantitative estimate of drug-likeness (QED) is 0.840. The molecule has 20 heavy (non-hydrogen) atoms. The lowest BCUT2D eigenvalue weighted by atomic mass is 10.0. The number of benzene rings is 1. The van der Waals surface area contributed by atoms with Crippen LogP contribution in [0.15, 0.2) is 41.7 Å². The third-order valence-electron chi connectivity index (χ3n) is 3.18. The Morgan fingerprint density at radius 3 is 2.50 bits per heavy atom. The van der Waals surface area contributed by atoms with Gasteiger partial charge in [-0.1, -0.05) is 17.7 Å². The highest BCUT2D eigenvalue weighted by molar-refractivity contribution is 6.01. The maximum absolute atomic E-state index is 5.77. The molecular weight excluding hydrogens is 250 g/mol. The molecule has 0 amide bonds. The lowest BCUT2D eigenvalue weighted by Gasteiger charge is -2.09. The van der Waals surface area contributed by atoms with Crippen LogP contribution >= 0.6 is 0 Å². The molecule has 0 aliphatic carbocycles. The molecule has 0 saturated heterocycles. The van der Waals surface area contributed by atoms with Gasteiger partial charge in [0, 0.05) is 23.5 Å². The fraction of sp³-hybridized carbons (Fsp3) is 0.312. The average molecular weight is 267 g/mol. The topological polar surface area (TPSA) is 47.4 Å². The van der Waals surface area contributed by atoms with E-state index in [0.29, 0.717) is 18.3 Å². The van der Waals surface area contributed by atoms with Gasteiger partial charge in [-0.15, -0.1) is 0 Å². The van der Waals surface area contributed by atoms with Crippen molar-refractivity contribution in [2.24, 2.45) is 4.99 Å². The fourth-order valence-corrected chi connectivity index (χ4v) is 2.19. The van der Waals surface area contributed by atoms with Crippen molar-refractivity contribution in [2.45, 2.75) is 26.3 Å². The Kier molecular flexibility index (Phi) is 3.01. The standard InChI is InChI=1S/C16H17N3O/c1-11-5-6-12(14-17-7-4-8-18-14)13(9-11)15-19-16(2,3)10-20-15/h4-9H,10H2,1-3H3. The van der Waals surface area contributed by atoms with E-state index in [0.717, 1.165) is 16.7 Å². The first kappa shape index (κ1) is 12.8. The molecule has 0 radical (unpaired) electrons. The third kappa shape index (κ3) is 2.41. The Bertz CT molecular complexity index is 663. The molecule has 0 bridgehead atoms. The van der Waals surface area contributed by atoms with E-state index in [1.165, 1.54) is 0 Å². The Morgan fingerprint density at radius 2 is 1.85 bits per heavy atom. The number of aryl methyl sites for hydroxylation is 1. The van der Waals surface area contributed by atoms with Crippen LogP contribution in [0.4, 0.5) is 0 Å². The van der Waals surface area contributed by atoms with Crippen molar-refractivity contribution >= 4 is 5.90 Å². The smallest absolute Gasteiger partial charge is 0.217 e. The molecule has 102 valence electrons. The molecule has 2 heterocycles. The third-order valence-corrected chi connectivity index (χ3v) is 3.18. The summed E-state index contributed by atoms with van der Waals surface area (Å²) >= 11 is 0. The van der Waals surface area contributed by atoms with Crippen LogP contribution in [-0.4, -0.2) is 28.0 Å². The van der Waals surface area contributed by atoms with Gasteiger partial charge in [-0.05, 0) is 32.9 Å². The van der Waals surface area contributed by atoms with Crippen LogP contribution < -0.4 is 0 Å². The molecule has 1 aliphatic heterocycles. The second-order valence-corrected chi connectivity index (χ2v) is 5.64. The van der Waals surface area contributed by atoms with E-state index in [9.17, 15) is 0 Å². The van der Waals surface area contributed by atoms with E-state index >= 15 is 0 Å². The van der Waals surface area contributed by atoms with Crippen LogP contribution in [-0.2, 0) is 4.74 Å². The highest BCUT2D eigenvalue weighted by Crippen LogP contribution is 2.27. The highest BCUT2D eigenvalue weighted by atomic mass is 16.5. The van der Waals surface area contributed by atoms with E-state index in [1.807, 2.05) is 12.1 Å². The van der Waals surface area contributed by atoms with Gasteiger partial charge in [-0.25, -0.2) is 15.0 Å². The summed E-state index contributed by atoms with van der Waals surface area (Å²) in [4.78, 5) is 13.3. The van der Waals surface area contributed by atoms with Crippen molar-refractivity contribution in [2.75, 3.05) is 6.61 Å². The van der Waals surface area contributed by atoms with Crippen molar-refractivity contribution in [3.05, 3.63) is 47.8 Å². The summed E-state index contributed by atoms with van der Waals surface area (Å²) in [5.74, 6) is 1.37. The summed E-state index contributed by atoms with van der Waals surface area (Å²) in [6, 6.07) is 7.96. The maximum Gasteiger partial charge on any atom is 0.217 e. The van der Waals surface area contributed by atoms with E-state index in [2.05, 4.69) is 47.9 Å². The summed E-state index contributed by atoms with van der Waals surface area (Å²) < 4.78 is 5.77. The lowest BCUT2D eigenvalue weighted by Crippen LogP contribution is -2.17. The molecule has 0 spiro atoms. The summed E-state index contributed by atoms with van der Waals surface area (Å²) in [6.07, 6.45) is 3.49. The normalized spacial score (nSPS) is 16.6. The molecule has 4 heteroatoms. The number of hydrogen-bond acceptors (Lipinski definition) is 4. The van der Waals surface area contributed by atoms with E-state index in [-0.39, 0.29) is 5.54 Å². The number of hydrogen-bond donors (Lipinski definition) is 0. The maximum atomic E-state index is 5.77. The first-order valence-corrected chi connectivity index (χ1v) is 6.66. The molecule has 1 aliphatic rings. The average Bonchev–Trinajstić information content (AvgIpc) is 2.80. The van der Waals surface area contributed by atoms with Crippen LogP contribution in [0, 0.1) is 6.92 Å². The predicted molar refractivity (Wildman–Crippen MR) is 78.8 cm³/mol. The van der Waals surface area contributed by atoms with Gasteiger partial charge in [0.2, 0.25) is 5.90 Å². The summed E-state index contributed by atoms with van der Waals surface area (Å²) in [6.45, 7) is 6.79. The van der Waals surface area contributed by atoms with Crippen molar-refractivity contribution in [3.8, 4) is 11.4 Å². The summed E-state index contributed by atoms with van der Waals surface area (Å²) in [7, 11) is 0. The molecule has 0 saturated carbocycles. The summed E-state index contributed by atoms with van der Waals surface area (Å²) in [5, 5.41) is 0. The molecule has 2 aromatic rings. The van der Waals surface area contributed by atoms with Gasteiger partial charge in [0.15, 0.2) is 5.82 Å².